The van der Waals surface area contributed by atoms with Crippen LogP contribution in [0.1, 0.15) is 40.9 Å². The maximum Gasteiger partial charge on any atom is 0.332 e. The Bertz CT molecular complexity index is 1660. The minimum atomic E-state index is -0.488. The molecule has 5 nitrogen and oxygen atoms in total. The summed E-state index contributed by atoms with van der Waals surface area (Å²) in [5, 5.41) is 6.11. The molecule has 5 heteroatoms. The normalized spacial score (nSPS) is 11.9. The maximum absolute atomic E-state index is 13.2. The number of carbonyl (C=O) groups is 2. The smallest absolute Gasteiger partial charge is 0.332 e. The highest BCUT2D eigenvalue weighted by Gasteiger charge is 2.15. The van der Waals surface area contributed by atoms with Crippen LogP contribution in [0.5, 0.6) is 0 Å². The summed E-state index contributed by atoms with van der Waals surface area (Å²) in [6.07, 6.45) is 3.77. The van der Waals surface area contributed by atoms with E-state index in [1.165, 1.54) is 6.92 Å². The number of rotatable bonds is 7. The molecule has 0 fully saturated rings. The number of allylic oxidation sites excluding steroid dienone is 1. The first-order chi connectivity index (χ1) is 18.0. The molecule has 0 spiro atoms. The minimum Gasteiger partial charge on any atom is -0.341 e. The molecule has 0 saturated heterocycles. The molecule has 1 heterocycles. The Morgan fingerprint density at radius 1 is 0.784 bits per heavy atom. The molecule has 0 bridgehead atoms. The average molecular weight is 487 g/mol. The van der Waals surface area contributed by atoms with Gasteiger partial charge in [0.1, 0.15) is 5.71 Å². The lowest BCUT2D eigenvalue weighted by molar-refractivity contribution is -0.140. The Morgan fingerprint density at radius 2 is 1.38 bits per heavy atom. The number of benzene rings is 4. The largest absolute Gasteiger partial charge is 0.341 e. The molecule has 0 aliphatic heterocycles. The van der Waals surface area contributed by atoms with E-state index < -0.39 is 5.97 Å². The summed E-state index contributed by atoms with van der Waals surface area (Å²) in [6.45, 7) is 4.21. The van der Waals surface area contributed by atoms with Gasteiger partial charge in [0.25, 0.3) is 0 Å². The van der Waals surface area contributed by atoms with Crippen molar-refractivity contribution < 1.29 is 14.4 Å². The SMILES string of the molecule is CCn1c2ccc(C(=O)c3ccccc3)cc2c2cc(C(C=Cc3ccccc3)=NOC(C)=O)ccc21. The van der Waals surface area contributed by atoms with E-state index in [0.717, 1.165) is 39.5 Å². The Morgan fingerprint density at radius 3 is 2.00 bits per heavy atom. The lowest BCUT2D eigenvalue weighted by Crippen LogP contribution is -2.01. The summed E-state index contributed by atoms with van der Waals surface area (Å²) in [5.74, 6) is -0.503. The molecule has 1 aromatic heterocycles. The van der Waals surface area contributed by atoms with Gasteiger partial charge in [-0.2, -0.15) is 0 Å². The second-order valence-corrected chi connectivity index (χ2v) is 8.71. The van der Waals surface area contributed by atoms with E-state index in [-0.39, 0.29) is 5.78 Å². The van der Waals surface area contributed by atoms with Gasteiger partial charge in [-0.25, -0.2) is 4.79 Å². The van der Waals surface area contributed by atoms with Gasteiger partial charge in [-0.05, 0) is 48.9 Å². The second kappa shape index (κ2) is 10.5. The van der Waals surface area contributed by atoms with Crippen molar-refractivity contribution in [2.24, 2.45) is 5.16 Å². The minimum absolute atomic E-state index is 0.0149. The summed E-state index contributed by atoms with van der Waals surface area (Å²) >= 11 is 0. The topological polar surface area (TPSA) is 60.7 Å². The van der Waals surface area contributed by atoms with E-state index in [1.807, 2.05) is 109 Å². The first-order valence-corrected chi connectivity index (χ1v) is 12.2. The monoisotopic (exact) mass is 486 g/mol. The van der Waals surface area contributed by atoms with Gasteiger partial charge in [-0.15, -0.1) is 0 Å². The van der Waals surface area contributed by atoms with Crippen molar-refractivity contribution in [1.29, 1.82) is 0 Å². The van der Waals surface area contributed by atoms with Gasteiger partial charge in [0.15, 0.2) is 5.78 Å². The van der Waals surface area contributed by atoms with Crippen molar-refractivity contribution in [3.8, 4) is 0 Å². The molecule has 0 N–H and O–H groups in total. The first kappa shape index (κ1) is 23.9. The second-order valence-electron chi connectivity index (χ2n) is 8.71. The summed E-state index contributed by atoms with van der Waals surface area (Å²) in [5.41, 5.74) is 5.74. The summed E-state index contributed by atoms with van der Waals surface area (Å²) < 4.78 is 2.23. The molecule has 37 heavy (non-hydrogen) atoms. The Balaban J connectivity index is 1.64. The molecule has 0 aliphatic carbocycles. The lowest BCUT2D eigenvalue weighted by Gasteiger charge is -2.05. The van der Waals surface area contributed by atoms with Crippen LogP contribution < -0.4 is 0 Å². The Kier molecular flexibility index (Phi) is 6.77. The quantitative estimate of drug-likeness (QED) is 0.107. The van der Waals surface area contributed by atoms with Gasteiger partial charge in [-0.3, -0.25) is 4.79 Å². The fraction of sp³-hybridized carbons (Fsp3) is 0.0938. The molecule has 0 atom stereocenters. The highest BCUT2D eigenvalue weighted by Crippen LogP contribution is 2.31. The molecule has 5 aromatic rings. The average Bonchev–Trinajstić information content (AvgIpc) is 3.25. The number of hydrogen-bond acceptors (Lipinski definition) is 4. The third-order valence-electron chi connectivity index (χ3n) is 6.28. The molecular formula is C32H26N2O3. The fourth-order valence-electron chi connectivity index (χ4n) is 4.53. The van der Waals surface area contributed by atoms with E-state index in [9.17, 15) is 9.59 Å². The van der Waals surface area contributed by atoms with Crippen LogP contribution in [0.15, 0.2) is 108 Å². The van der Waals surface area contributed by atoms with Gasteiger partial charge < -0.3 is 9.40 Å². The Labute approximate surface area is 215 Å². The van der Waals surface area contributed by atoms with Crippen LogP contribution in [0.2, 0.25) is 0 Å². The van der Waals surface area contributed by atoms with E-state index in [1.54, 1.807) is 0 Å². The number of hydrogen-bond donors (Lipinski definition) is 0. The van der Waals surface area contributed by atoms with Crippen molar-refractivity contribution in [1.82, 2.24) is 4.57 Å². The van der Waals surface area contributed by atoms with E-state index in [2.05, 4.69) is 16.6 Å². The molecule has 4 aromatic carbocycles. The fourth-order valence-corrected chi connectivity index (χ4v) is 4.53. The van der Waals surface area contributed by atoms with Crippen LogP contribution in [0.3, 0.4) is 0 Å². The van der Waals surface area contributed by atoms with E-state index in [4.69, 9.17) is 4.84 Å². The van der Waals surface area contributed by atoms with Crippen LogP contribution >= 0.6 is 0 Å². The van der Waals surface area contributed by atoms with Gasteiger partial charge >= 0.3 is 5.97 Å². The summed E-state index contributed by atoms with van der Waals surface area (Å²) in [4.78, 5) is 29.7. The molecular weight excluding hydrogens is 460 g/mol. The van der Waals surface area contributed by atoms with Crippen molar-refractivity contribution in [3.05, 3.63) is 125 Å². The van der Waals surface area contributed by atoms with Gasteiger partial charge in [0, 0.05) is 52.0 Å². The number of nitrogens with zero attached hydrogens (tertiary/aromatic N) is 2. The zero-order valence-electron chi connectivity index (χ0n) is 20.7. The highest BCUT2D eigenvalue weighted by atomic mass is 16.7. The number of fused-ring (bicyclic) bond motifs is 3. The first-order valence-electron chi connectivity index (χ1n) is 12.2. The number of aryl methyl sites for hydroxylation is 1. The molecule has 5 rings (SSSR count). The van der Waals surface area contributed by atoms with Crippen molar-refractivity contribution >= 4 is 45.3 Å². The number of oxime groups is 1. The number of aromatic nitrogens is 1. The van der Waals surface area contributed by atoms with Crippen molar-refractivity contribution in [2.45, 2.75) is 20.4 Å². The van der Waals surface area contributed by atoms with Gasteiger partial charge in [-0.1, -0.05) is 78.0 Å². The standard InChI is InChI=1S/C32H26N2O3/c1-3-34-30-18-15-25(29(33-37-22(2)35)17-14-23-10-6-4-7-11-23)20-27(30)28-21-26(16-19-31(28)34)32(36)24-12-8-5-9-13-24/h4-21H,3H2,1-2H3. The molecule has 0 aliphatic rings. The lowest BCUT2D eigenvalue weighted by atomic mass is 10.00. The molecule has 0 amide bonds. The predicted octanol–water partition coefficient (Wildman–Crippen LogP) is 7.03. The number of carbonyl (C=O) groups excluding carboxylic acids is 2. The molecule has 0 unspecified atom stereocenters. The Hall–Kier alpha value is -4.77. The van der Waals surface area contributed by atoms with Crippen LogP contribution in [-0.2, 0) is 16.2 Å². The summed E-state index contributed by atoms with van der Waals surface area (Å²) in [6, 6.07) is 31.1. The zero-order chi connectivity index (χ0) is 25.8. The molecule has 182 valence electrons. The molecule has 0 radical (unpaired) electrons. The van der Waals surface area contributed by atoms with Gasteiger partial charge in [0.05, 0.1) is 0 Å². The molecule has 0 saturated carbocycles. The predicted molar refractivity (Wildman–Crippen MR) is 149 cm³/mol. The van der Waals surface area contributed by atoms with E-state index in [0.29, 0.717) is 16.8 Å². The maximum atomic E-state index is 13.2. The van der Waals surface area contributed by atoms with Crippen LogP contribution in [0.25, 0.3) is 27.9 Å². The van der Waals surface area contributed by atoms with Crippen molar-refractivity contribution in [3.63, 3.8) is 0 Å². The van der Waals surface area contributed by atoms with Gasteiger partial charge in [0.2, 0.25) is 0 Å². The van der Waals surface area contributed by atoms with Crippen LogP contribution in [-0.4, -0.2) is 22.0 Å². The highest BCUT2D eigenvalue weighted by molar-refractivity contribution is 6.17. The van der Waals surface area contributed by atoms with Crippen LogP contribution in [0, 0.1) is 0 Å². The summed E-state index contributed by atoms with van der Waals surface area (Å²) in [7, 11) is 0. The zero-order valence-corrected chi connectivity index (χ0v) is 20.7. The number of ketones is 1. The van der Waals surface area contributed by atoms with Crippen molar-refractivity contribution in [2.75, 3.05) is 0 Å². The van der Waals surface area contributed by atoms with E-state index >= 15 is 0 Å². The third-order valence-corrected chi connectivity index (χ3v) is 6.28. The third kappa shape index (κ3) is 4.98. The van der Waals surface area contributed by atoms with Crippen LogP contribution in [0.4, 0.5) is 0 Å².